The number of rotatable bonds is 9. The van der Waals surface area contributed by atoms with Crippen LogP contribution in [-0.4, -0.2) is 51.3 Å². The van der Waals surface area contributed by atoms with E-state index in [9.17, 15) is 8.78 Å². The summed E-state index contributed by atoms with van der Waals surface area (Å²) in [6.45, 7) is 0.287. The number of hydrogen-bond acceptors (Lipinski definition) is 5. The number of ether oxygens (including phenoxy) is 2. The molecule has 3 rings (SSSR count). The van der Waals surface area contributed by atoms with Gasteiger partial charge < -0.3 is 20.1 Å². The van der Waals surface area contributed by atoms with Gasteiger partial charge in [0.15, 0.2) is 5.96 Å². The maximum absolute atomic E-state index is 12.8. The van der Waals surface area contributed by atoms with Crippen LogP contribution in [0.2, 0.25) is 0 Å². The highest BCUT2D eigenvalue weighted by Gasteiger charge is 2.24. The Morgan fingerprint density at radius 2 is 2.03 bits per heavy atom. The molecule has 0 spiro atoms. The molecule has 2 aromatic rings. The highest BCUT2D eigenvalue weighted by molar-refractivity contribution is 7.10. The zero-order chi connectivity index (χ0) is 21.3. The summed E-state index contributed by atoms with van der Waals surface area (Å²) in [5, 5.41) is 8.66. The van der Waals surface area contributed by atoms with Crippen LogP contribution >= 0.6 is 11.3 Å². The zero-order valence-electron chi connectivity index (χ0n) is 17.2. The molecule has 1 saturated heterocycles. The first-order valence-corrected chi connectivity index (χ1v) is 10.8. The second kappa shape index (κ2) is 11.1. The number of halogens is 2. The largest absolute Gasteiger partial charge is 0.497 e. The maximum Gasteiger partial charge on any atom is 0.387 e. The van der Waals surface area contributed by atoms with Crippen molar-refractivity contribution in [1.82, 2.24) is 15.5 Å². The Morgan fingerprint density at radius 3 is 2.67 bits per heavy atom. The molecule has 1 aliphatic rings. The third-order valence-electron chi connectivity index (χ3n) is 5.08. The van der Waals surface area contributed by atoms with E-state index in [2.05, 4.69) is 42.8 Å². The smallest absolute Gasteiger partial charge is 0.387 e. The van der Waals surface area contributed by atoms with Crippen molar-refractivity contribution in [2.45, 2.75) is 32.0 Å². The number of thiophene rings is 1. The highest BCUT2D eigenvalue weighted by Crippen LogP contribution is 2.28. The summed E-state index contributed by atoms with van der Waals surface area (Å²) in [5.41, 5.74) is 0.591. The fourth-order valence-electron chi connectivity index (χ4n) is 3.55. The van der Waals surface area contributed by atoms with E-state index in [1.165, 1.54) is 30.9 Å². The van der Waals surface area contributed by atoms with Crippen molar-refractivity contribution in [1.29, 1.82) is 0 Å². The second-order valence-corrected chi connectivity index (χ2v) is 7.91. The van der Waals surface area contributed by atoms with E-state index in [4.69, 9.17) is 4.74 Å². The van der Waals surface area contributed by atoms with E-state index in [0.717, 1.165) is 13.1 Å². The molecular weight excluding hydrogens is 410 g/mol. The van der Waals surface area contributed by atoms with Gasteiger partial charge >= 0.3 is 6.61 Å². The first kappa shape index (κ1) is 22.3. The van der Waals surface area contributed by atoms with Gasteiger partial charge in [-0.15, -0.1) is 11.3 Å². The Morgan fingerprint density at radius 1 is 1.23 bits per heavy atom. The van der Waals surface area contributed by atoms with E-state index in [1.54, 1.807) is 30.5 Å². The third-order valence-corrected chi connectivity index (χ3v) is 6.05. The molecule has 1 fully saturated rings. The number of likely N-dealkylation sites (tertiary alicyclic amines) is 1. The van der Waals surface area contributed by atoms with Gasteiger partial charge in [0, 0.05) is 36.6 Å². The van der Waals surface area contributed by atoms with Gasteiger partial charge in [-0.3, -0.25) is 9.89 Å². The van der Waals surface area contributed by atoms with Crippen molar-refractivity contribution in [3.8, 4) is 11.5 Å². The minimum absolute atomic E-state index is 0.0841. The predicted molar refractivity (Wildman–Crippen MR) is 116 cm³/mol. The summed E-state index contributed by atoms with van der Waals surface area (Å²) < 4.78 is 35.3. The van der Waals surface area contributed by atoms with Crippen LogP contribution in [0.3, 0.4) is 0 Å². The maximum atomic E-state index is 12.8. The number of methoxy groups -OCH3 is 1. The van der Waals surface area contributed by atoms with Crippen LogP contribution < -0.4 is 20.1 Å². The highest BCUT2D eigenvalue weighted by atomic mass is 32.1. The molecule has 1 aromatic carbocycles. The topological polar surface area (TPSA) is 58.1 Å². The average molecular weight is 439 g/mol. The normalized spacial score (nSPS) is 16.0. The van der Waals surface area contributed by atoms with E-state index in [-0.39, 0.29) is 11.8 Å². The predicted octanol–water partition coefficient (Wildman–Crippen LogP) is 3.86. The summed E-state index contributed by atoms with van der Waals surface area (Å²) >= 11 is 1.76. The van der Waals surface area contributed by atoms with Gasteiger partial charge in [0.1, 0.15) is 11.5 Å². The van der Waals surface area contributed by atoms with Crippen molar-refractivity contribution < 1.29 is 18.3 Å². The molecule has 1 aliphatic heterocycles. The fourth-order valence-corrected chi connectivity index (χ4v) is 4.41. The van der Waals surface area contributed by atoms with Crippen molar-refractivity contribution >= 4 is 17.3 Å². The molecule has 1 atom stereocenters. The Kier molecular flexibility index (Phi) is 8.27. The van der Waals surface area contributed by atoms with Gasteiger partial charge in [-0.2, -0.15) is 8.78 Å². The Hall–Kier alpha value is -2.39. The lowest BCUT2D eigenvalue weighted by molar-refractivity contribution is -0.0505. The van der Waals surface area contributed by atoms with Crippen LogP contribution in [0, 0.1) is 0 Å². The zero-order valence-corrected chi connectivity index (χ0v) is 18.1. The van der Waals surface area contributed by atoms with E-state index < -0.39 is 6.61 Å². The summed E-state index contributed by atoms with van der Waals surface area (Å²) in [7, 11) is 3.17. The first-order valence-electron chi connectivity index (χ1n) is 9.94. The van der Waals surface area contributed by atoms with Crippen LogP contribution in [0.4, 0.5) is 8.78 Å². The van der Waals surface area contributed by atoms with Crippen molar-refractivity contribution in [3.63, 3.8) is 0 Å². The lowest BCUT2D eigenvalue weighted by Crippen LogP contribution is -2.42. The van der Waals surface area contributed by atoms with Gasteiger partial charge in [0.05, 0.1) is 13.2 Å². The van der Waals surface area contributed by atoms with E-state index >= 15 is 0 Å². The van der Waals surface area contributed by atoms with E-state index in [0.29, 0.717) is 30.4 Å². The molecule has 0 saturated carbocycles. The second-order valence-electron chi connectivity index (χ2n) is 6.93. The van der Waals surface area contributed by atoms with Crippen LogP contribution in [0.15, 0.2) is 40.7 Å². The molecule has 9 heteroatoms. The molecule has 6 nitrogen and oxygen atoms in total. The molecule has 2 heterocycles. The summed E-state index contributed by atoms with van der Waals surface area (Å²) in [4.78, 5) is 8.09. The molecular formula is C21H28F2N4O2S. The van der Waals surface area contributed by atoms with E-state index in [1.807, 2.05) is 0 Å². The number of nitrogens with zero attached hydrogens (tertiary/aromatic N) is 2. The minimum atomic E-state index is -2.90. The molecule has 30 heavy (non-hydrogen) atoms. The molecule has 164 valence electrons. The van der Waals surface area contributed by atoms with Gasteiger partial charge in [0.2, 0.25) is 0 Å². The summed E-state index contributed by atoms with van der Waals surface area (Å²) in [6.07, 6.45) is 2.44. The standard InChI is InChI=1S/C21H28F2N4O2S/c1-24-21(25-13-15-7-8-16(28-2)12-18(15)29-20(22)23)26-14-17(19-6-5-11-30-19)27-9-3-4-10-27/h5-8,11-12,17,20H,3-4,9-10,13-14H2,1-2H3,(H2,24,25,26). The monoisotopic (exact) mass is 438 g/mol. The van der Waals surface area contributed by atoms with Crippen molar-refractivity contribution in [2.24, 2.45) is 4.99 Å². The molecule has 0 bridgehead atoms. The van der Waals surface area contributed by atoms with Gasteiger partial charge in [-0.05, 0) is 49.5 Å². The number of benzene rings is 1. The van der Waals surface area contributed by atoms with Crippen molar-refractivity contribution in [3.05, 3.63) is 46.2 Å². The SMILES string of the molecule is CN=C(NCc1ccc(OC)cc1OC(F)F)NCC(c1cccs1)N1CCCC1. The number of nitrogens with one attached hydrogen (secondary N) is 2. The number of guanidine groups is 1. The third kappa shape index (κ3) is 6.06. The van der Waals surface area contributed by atoms with Gasteiger partial charge in [-0.25, -0.2) is 0 Å². The average Bonchev–Trinajstić information content (AvgIpc) is 3.45. The quantitative estimate of drug-likeness (QED) is 0.460. The molecule has 0 radical (unpaired) electrons. The Balaban J connectivity index is 1.62. The van der Waals surface area contributed by atoms with Gasteiger partial charge in [0.25, 0.3) is 0 Å². The molecule has 2 N–H and O–H groups in total. The minimum Gasteiger partial charge on any atom is -0.497 e. The Labute approximate surface area is 179 Å². The molecule has 1 unspecified atom stereocenters. The van der Waals surface area contributed by atoms with Gasteiger partial charge in [-0.1, -0.05) is 6.07 Å². The fraction of sp³-hybridized carbons (Fsp3) is 0.476. The van der Waals surface area contributed by atoms with Crippen molar-refractivity contribution in [2.75, 3.05) is 33.8 Å². The summed E-state index contributed by atoms with van der Waals surface area (Å²) in [5.74, 6) is 1.15. The number of hydrogen-bond donors (Lipinski definition) is 2. The van der Waals surface area contributed by atoms with Crippen LogP contribution in [0.25, 0.3) is 0 Å². The van der Waals surface area contributed by atoms with Crippen LogP contribution in [0.1, 0.15) is 29.3 Å². The molecule has 1 aromatic heterocycles. The number of alkyl halides is 2. The Bertz CT molecular complexity index is 811. The van der Waals surface area contributed by atoms with Crippen LogP contribution in [-0.2, 0) is 6.54 Å². The summed E-state index contributed by atoms with van der Waals surface area (Å²) in [6, 6.07) is 9.40. The number of aliphatic imine (C=N–C) groups is 1. The lowest BCUT2D eigenvalue weighted by atomic mass is 10.2. The molecule has 0 aliphatic carbocycles. The molecule has 0 amide bonds. The van der Waals surface area contributed by atoms with Crippen LogP contribution in [0.5, 0.6) is 11.5 Å². The first-order chi connectivity index (χ1) is 14.6. The lowest BCUT2D eigenvalue weighted by Gasteiger charge is -2.27.